The fraction of sp³-hybridized carbons (Fsp3) is 0.250. The van der Waals surface area contributed by atoms with Crippen molar-refractivity contribution in [2.24, 2.45) is 0 Å². The van der Waals surface area contributed by atoms with Gasteiger partial charge in [-0.1, -0.05) is 0 Å². The molecule has 2 aromatic heterocycles. The summed E-state index contributed by atoms with van der Waals surface area (Å²) in [4.78, 5) is 14.7. The number of H-pyrrole nitrogens is 1. The van der Waals surface area contributed by atoms with Gasteiger partial charge in [-0.15, -0.1) is 5.10 Å². The average Bonchev–Trinajstić information content (AvgIpc) is 3.02. The molecule has 2 heterocycles. The normalized spacial score (nSPS) is 12.0. The second-order valence-electron chi connectivity index (χ2n) is 4.10. The van der Waals surface area contributed by atoms with E-state index in [0.717, 1.165) is 0 Å². The Bertz CT molecular complexity index is 658. The molecule has 0 aliphatic carbocycles. The number of furan rings is 1. The zero-order valence-electron chi connectivity index (χ0n) is 10.9. The predicted octanol–water partition coefficient (Wildman–Crippen LogP) is 2.05. The third kappa shape index (κ3) is 4.20. The zero-order valence-corrected chi connectivity index (χ0v) is 10.9. The smallest absolute Gasteiger partial charge is 0.453 e. The first-order valence-corrected chi connectivity index (χ1v) is 5.85. The summed E-state index contributed by atoms with van der Waals surface area (Å²) in [7, 11) is 0. The molecule has 0 bridgehead atoms. The van der Waals surface area contributed by atoms with Crippen LogP contribution in [0.1, 0.15) is 23.2 Å². The highest BCUT2D eigenvalue weighted by atomic mass is 19.4. The van der Waals surface area contributed by atoms with Crippen LogP contribution in [0.15, 0.2) is 22.6 Å². The van der Waals surface area contributed by atoms with Crippen LogP contribution in [-0.2, 0) is 17.5 Å². The maximum Gasteiger partial charge on any atom is 0.453 e. The number of carbonyl (C=O) groups is 1. The maximum absolute atomic E-state index is 12.3. The number of aryl methyl sites for hydroxylation is 1. The lowest BCUT2D eigenvalue weighted by atomic mass is 10.4. The average molecular weight is 300 g/mol. The monoisotopic (exact) mass is 300 g/mol. The molecule has 21 heavy (non-hydrogen) atoms. The first kappa shape index (κ1) is 14.8. The molecule has 1 amide bonds. The number of hydrogen-bond acceptors (Lipinski definition) is 4. The highest BCUT2D eigenvalue weighted by molar-refractivity contribution is 5.91. The van der Waals surface area contributed by atoms with Gasteiger partial charge in [0.1, 0.15) is 17.3 Å². The third-order valence-corrected chi connectivity index (χ3v) is 2.38. The molecule has 2 N–H and O–H groups in total. The van der Waals surface area contributed by atoms with Crippen molar-refractivity contribution < 1.29 is 22.4 Å². The summed E-state index contributed by atoms with van der Waals surface area (Å²) in [5, 5.41) is 7.49. The van der Waals surface area contributed by atoms with Crippen LogP contribution < -0.4 is 5.32 Å². The van der Waals surface area contributed by atoms with Crippen LogP contribution in [0, 0.1) is 6.92 Å². The number of carbonyl (C=O) groups excluding carboxylic acids is 1. The number of hydrogen-bond donors (Lipinski definition) is 2. The van der Waals surface area contributed by atoms with E-state index in [-0.39, 0.29) is 12.4 Å². The molecule has 0 spiro atoms. The van der Waals surface area contributed by atoms with E-state index in [2.05, 4.69) is 20.5 Å². The molecule has 0 saturated carbocycles. The number of alkyl halides is 3. The largest absolute Gasteiger partial charge is 0.462 e. The maximum atomic E-state index is 12.3. The lowest BCUT2D eigenvalue weighted by molar-refractivity contribution is -0.144. The van der Waals surface area contributed by atoms with Crippen LogP contribution in [-0.4, -0.2) is 21.1 Å². The van der Waals surface area contributed by atoms with Crippen LogP contribution in [0.25, 0.3) is 6.08 Å². The van der Waals surface area contributed by atoms with E-state index in [1.165, 1.54) is 12.2 Å². The Labute approximate surface area is 117 Å². The topological polar surface area (TPSA) is 83.8 Å². The van der Waals surface area contributed by atoms with Gasteiger partial charge in [0.15, 0.2) is 0 Å². The molecule has 0 aromatic carbocycles. The quantitative estimate of drug-likeness (QED) is 0.846. The van der Waals surface area contributed by atoms with Crippen molar-refractivity contribution in [2.45, 2.75) is 19.6 Å². The van der Waals surface area contributed by atoms with Gasteiger partial charge < -0.3 is 9.73 Å². The molecule has 0 aliphatic rings. The molecular weight excluding hydrogens is 289 g/mol. The molecule has 0 aliphatic heterocycles. The number of rotatable bonds is 4. The Hall–Kier alpha value is -2.58. The molecule has 2 rings (SSSR count). The van der Waals surface area contributed by atoms with Gasteiger partial charge >= 0.3 is 6.18 Å². The summed E-state index contributed by atoms with van der Waals surface area (Å²) >= 11 is 0. The van der Waals surface area contributed by atoms with Gasteiger partial charge in [-0.25, -0.2) is 4.98 Å². The van der Waals surface area contributed by atoms with Gasteiger partial charge in [0.2, 0.25) is 5.91 Å². The second-order valence-corrected chi connectivity index (χ2v) is 4.10. The minimum absolute atomic E-state index is 0.0853. The van der Waals surface area contributed by atoms with Crippen LogP contribution in [0.5, 0.6) is 0 Å². The molecule has 0 atom stereocenters. The van der Waals surface area contributed by atoms with E-state index in [1.807, 2.05) is 0 Å². The van der Waals surface area contributed by atoms with Crippen molar-refractivity contribution in [1.82, 2.24) is 20.5 Å². The molecule has 0 unspecified atom stereocenters. The predicted molar refractivity (Wildman–Crippen MR) is 65.7 cm³/mol. The van der Waals surface area contributed by atoms with Crippen molar-refractivity contribution in [3.05, 3.63) is 41.4 Å². The van der Waals surface area contributed by atoms with Crippen LogP contribution in [0.3, 0.4) is 0 Å². The molecule has 0 saturated heterocycles. The van der Waals surface area contributed by atoms with E-state index in [9.17, 15) is 18.0 Å². The molecule has 0 radical (unpaired) electrons. The van der Waals surface area contributed by atoms with Crippen molar-refractivity contribution in [2.75, 3.05) is 0 Å². The summed E-state index contributed by atoms with van der Waals surface area (Å²) < 4.78 is 42.0. The number of aromatic amines is 1. The van der Waals surface area contributed by atoms with E-state index in [1.54, 1.807) is 19.1 Å². The SMILES string of the molecule is Cc1ccc(/C=C/C(=O)NCc2nc(C(F)(F)F)n[nH]2)o1. The molecule has 2 aromatic rings. The summed E-state index contributed by atoms with van der Waals surface area (Å²) in [6, 6.07) is 3.43. The van der Waals surface area contributed by atoms with Crippen molar-refractivity contribution in [3.63, 3.8) is 0 Å². The lowest BCUT2D eigenvalue weighted by Crippen LogP contribution is -2.21. The molecule has 0 fully saturated rings. The minimum Gasteiger partial charge on any atom is -0.462 e. The number of halogens is 3. The van der Waals surface area contributed by atoms with Crippen LogP contribution >= 0.6 is 0 Å². The van der Waals surface area contributed by atoms with Gasteiger partial charge in [-0.3, -0.25) is 9.89 Å². The summed E-state index contributed by atoms with van der Waals surface area (Å²) in [6.07, 6.45) is -1.96. The fourth-order valence-electron chi connectivity index (χ4n) is 1.43. The highest BCUT2D eigenvalue weighted by Gasteiger charge is 2.35. The minimum atomic E-state index is -4.62. The van der Waals surface area contributed by atoms with Crippen molar-refractivity contribution in [1.29, 1.82) is 0 Å². The number of nitrogens with one attached hydrogen (secondary N) is 2. The van der Waals surface area contributed by atoms with Gasteiger partial charge in [0.25, 0.3) is 5.82 Å². The standard InChI is InChI=1S/C12H11F3N4O2/c1-7-2-3-8(21-7)4-5-10(20)16-6-9-17-11(19-18-9)12(13,14)15/h2-5H,6H2,1H3,(H,16,20)(H,17,18,19)/b5-4+. The molecule has 112 valence electrons. The summed E-state index contributed by atoms with van der Waals surface area (Å²) in [6.45, 7) is 1.57. The summed E-state index contributed by atoms with van der Waals surface area (Å²) in [5.74, 6) is -0.640. The van der Waals surface area contributed by atoms with Crippen molar-refractivity contribution >= 4 is 12.0 Å². The number of aromatic nitrogens is 3. The third-order valence-electron chi connectivity index (χ3n) is 2.38. The zero-order chi connectivity index (χ0) is 15.5. The first-order chi connectivity index (χ1) is 9.84. The lowest BCUT2D eigenvalue weighted by Gasteiger charge is -1.98. The van der Waals surface area contributed by atoms with Gasteiger partial charge in [-0.05, 0) is 25.1 Å². The van der Waals surface area contributed by atoms with Gasteiger partial charge in [0, 0.05) is 6.08 Å². The van der Waals surface area contributed by atoms with E-state index in [0.29, 0.717) is 11.5 Å². The second kappa shape index (κ2) is 5.81. The fourth-order valence-corrected chi connectivity index (χ4v) is 1.43. The van der Waals surface area contributed by atoms with Gasteiger partial charge in [-0.2, -0.15) is 13.2 Å². The molecular formula is C12H11F3N4O2. The first-order valence-electron chi connectivity index (χ1n) is 5.85. The van der Waals surface area contributed by atoms with E-state index < -0.39 is 17.9 Å². The Morgan fingerprint density at radius 2 is 2.24 bits per heavy atom. The Balaban J connectivity index is 1.86. The Morgan fingerprint density at radius 3 is 2.81 bits per heavy atom. The van der Waals surface area contributed by atoms with Gasteiger partial charge in [0.05, 0.1) is 6.54 Å². The Kier molecular flexibility index (Phi) is 4.10. The molecule has 6 nitrogen and oxygen atoms in total. The van der Waals surface area contributed by atoms with E-state index in [4.69, 9.17) is 4.42 Å². The Morgan fingerprint density at radius 1 is 1.48 bits per heavy atom. The number of amides is 1. The summed E-state index contributed by atoms with van der Waals surface area (Å²) in [5.41, 5.74) is 0. The van der Waals surface area contributed by atoms with Crippen LogP contribution in [0.2, 0.25) is 0 Å². The van der Waals surface area contributed by atoms with E-state index >= 15 is 0 Å². The highest BCUT2D eigenvalue weighted by Crippen LogP contribution is 2.25. The number of nitrogens with zero attached hydrogens (tertiary/aromatic N) is 2. The van der Waals surface area contributed by atoms with Crippen LogP contribution in [0.4, 0.5) is 13.2 Å². The molecule has 9 heteroatoms. The van der Waals surface area contributed by atoms with Crippen molar-refractivity contribution in [3.8, 4) is 0 Å².